The van der Waals surface area contributed by atoms with Crippen molar-refractivity contribution in [2.45, 2.75) is 52.1 Å². The lowest BCUT2D eigenvalue weighted by atomic mass is 10.0. The number of likely N-dealkylation sites (tertiary alicyclic amines) is 1. The highest BCUT2D eigenvalue weighted by Crippen LogP contribution is 2.24. The van der Waals surface area contributed by atoms with Crippen molar-refractivity contribution in [2.24, 2.45) is 5.92 Å². The van der Waals surface area contributed by atoms with E-state index in [1.165, 1.54) is 0 Å². The lowest BCUT2D eigenvalue weighted by Crippen LogP contribution is -2.46. The Hall–Kier alpha value is -1.26. The van der Waals surface area contributed by atoms with Gasteiger partial charge in [0, 0.05) is 18.6 Å². The average molecular weight is 242 g/mol. The molecule has 1 aliphatic heterocycles. The molecule has 0 bridgehead atoms. The number of amides is 2. The first-order chi connectivity index (χ1) is 7.97. The van der Waals surface area contributed by atoms with Crippen molar-refractivity contribution in [1.82, 2.24) is 10.2 Å². The van der Waals surface area contributed by atoms with E-state index in [9.17, 15) is 9.59 Å². The molecule has 3 unspecified atom stereocenters. The Kier molecular flexibility index (Phi) is 4.78. The molecule has 0 saturated carbocycles. The minimum Gasteiger partial charge on any atom is -0.481 e. The van der Waals surface area contributed by atoms with Crippen molar-refractivity contribution in [3.63, 3.8) is 0 Å². The maximum Gasteiger partial charge on any atom is 0.317 e. The quantitative estimate of drug-likeness (QED) is 0.788. The molecular formula is C12H22N2O3. The number of carboxylic acid groups (broad SMARTS) is 1. The highest BCUT2D eigenvalue weighted by atomic mass is 16.4. The monoisotopic (exact) mass is 242 g/mol. The summed E-state index contributed by atoms with van der Waals surface area (Å²) in [5, 5.41) is 11.9. The number of hydrogen-bond acceptors (Lipinski definition) is 2. The molecule has 1 rings (SSSR count). The van der Waals surface area contributed by atoms with E-state index in [1.54, 1.807) is 11.8 Å². The molecule has 0 aromatic carbocycles. The van der Waals surface area contributed by atoms with Crippen molar-refractivity contribution >= 4 is 12.0 Å². The summed E-state index contributed by atoms with van der Waals surface area (Å²) in [5.74, 6) is -1.24. The Labute approximate surface area is 102 Å². The van der Waals surface area contributed by atoms with Crippen LogP contribution in [-0.4, -0.2) is 40.6 Å². The third-order valence-corrected chi connectivity index (χ3v) is 3.42. The molecular weight excluding hydrogens is 220 g/mol. The zero-order valence-corrected chi connectivity index (χ0v) is 10.8. The largest absolute Gasteiger partial charge is 0.481 e. The van der Waals surface area contributed by atoms with Gasteiger partial charge in [0.1, 0.15) is 0 Å². The molecule has 0 radical (unpaired) electrons. The second-order valence-electron chi connectivity index (χ2n) is 4.81. The fourth-order valence-electron chi connectivity index (χ4n) is 2.36. The molecule has 0 aromatic rings. The molecule has 1 aliphatic rings. The van der Waals surface area contributed by atoms with Gasteiger partial charge in [-0.15, -0.1) is 0 Å². The first-order valence-corrected chi connectivity index (χ1v) is 6.27. The summed E-state index contributed by atoms with van der Waals surface area (Å²) in [6.45, 7) is 6.37. The van der Waals surface area contributed by atoms with Crippen LogP contribution in [0.3, 0.4) is 0 Å². The fourth-order valence-corrected chi connectivity index (χ4v) is 2.36. The van der Waals surface area contributed by atoms with Crippen molar-refractivity contribution < 1.29 is 14.7 Å². The highest BCUT2D eigenvalue weighted by molar-refractivity contribution is 5.78. The predicted octanol–water partition coefficient (Wildman–Crippen LogP) is 1.68. The average Bonchev–Trinajstić information content (AvgIpc) is 2.60. The van der Waals surface area contributed by atoms with Gasteiger partial charge in [0.05, 0.1) is 5.92 Å². The van der Waals surface area contributed by atoms with Crippen molar-refractivity contribution in [1.29, 1.82) is 0 Å². The van der Waals surface area contributed by atoms with E-state index in [-0.39, 0.29) is 18.1 Å². The van der Waals surface area contributed by atoms with Gasteiger partial charge in [-0.25, -0.2) is 4.79 Å². The number of carbonyl (C=O) groups excluding carboxylic acids is 1. The second-order valence-corrected chi connectivity index (χ2v) is 4.81. The van der Waals surface area contributed by atoms with Crippen LogP contribution in [0.25, 0.3) is 0 Å². The summed E-state index contributed by atoms with van der Waals surface area (Å²) in [7, 11) is 0. The van der Waals surface area contributed by atoms with Crippen molar-refractivity contribution in [3.8, 4) is 0 Å². The molecule has 98 valence electrons. The Bertz CT molecular complexity index is 293. The van der Waals surface area contributed by atoms with Crippen LogP contribution in [-0.2, 0) is 4.79 Å². The number of carbonyl (C=O) groups is 2. The molecule has 1 heterocycles. The summed E-state index contributed by atoms with van der Waals surface area (Å²) in [5.41, 5.74) is 0. The van der Waals surface area contributed by atoms with Crippen molar-refractivity contribution in [3.05, 3.63) is 0 Å². The molecule has 0 aliphatic carbocycles. The fraction of sp³-hybridized carbons (Fsp3) is 0.833. The van der Waals surface area contributed by atoms with Crippen LogP contribution >= 0.6 is 0 Å². The summed E-state index contributed by atoms with van der Waals surface area (Å²) in [4.78, 5) is 24.5. The SMILES string of the molecule is CCCC(C)NC(=O)N1CCC(C(=O)O)C1C. The van der Waals surface area contributed by atoms with Crippen LogP contribution in [0.15, 0.2) is 0 Å². The summed E-state index contributed by atoms with van der Waals surface area (Å²) in [6.07, 6.45) is 2.51. The van der Waals surface area contributed by atoms with Gasteiger partial charge in [-0.1, -0.05) is 13.3 Å². The van der Waals surface area contributed by atoms with Crippen LogP contribution in [0.4, 0.5) is 4.79 Å². The normalized spacial score (nSPS) is 25.7. The molecule has 1 saturated heterocycles. The van der Waals surface area contributed by atoms with Gasteiger partial charge >= 0.3 is 12.0 Å². The van der Waals surface area contributed by atoms with Gasteiger partial charge < -0.3 is 15.3 Å². The lowest BCUT2D eigenvalue weighted by molar-refractivity contribution is -0.142. The molecule has 2 amide bonds. The number of rotatable bonds is 4. The number of urea groups is 1. The zero-order valence-electron chi connectivity index (χ0n) is 10.8. The van der Waals surface area contributed by atoms with Crippen LogP contribution in [0.2, 0.25) is 0 Å². The lowest BCUT2D eigenvalue weighted by Gasteiger charge is -2.25. The minimum absolute atomic E-state index is 0.137. The number of aliphatic carboxylic acids is 1. The standard InChI is InChI=1S/C12H22N2O3/c1-4-5-8(2)13-12(17)14-7-6-10(9(14)3)11(15)16/h8-10H,4-7H2,1-3H3,(H,13,17)(H,15,16). The Morgan fingerprint density at radius 3 is 2.65 bits per heavy atom. The molecule has 5 nitrogen and oxygen atoms in total. The molecule has 5 heteroatoms. The van der Waals surface area contributed by atoms with Crippen molar-refractivity contribution in [2.75, 3.05) is 6.54 Å². The van der Waals surface area contributed by atoms with Gasteiger partial charge in [-0.3, -0.25) is 4.79 Å². The van der Waals surface area contributed by atoms with Crippen LogP contribution in [0.5, 0.6) is 0 Å². The number of nitrogens with zero attached hydrogens (tertiary/aromatic N) is 1. The third kappa shape index (κ3) is 3.35. The molecule has 0 aromatic heterocycles. The van der Waals surface area contributed by atoms with E-state index in [4.69, 9.17) is 5.11 Å². The summed E-state index contributed by atoms with van der Waals surface area (Å²) in [6, 6.07) is -0.216. The first kappa shape index (κ1) is 13.8. The van der Waals surface area contributed by atoms with Gasteiger partial charge in [0.2, 0.25) is 0 Å². The molecule has 0 spiro atoms. The van der Waals surface area contributed by atoms with E-state index in [0.717, 1.165) is 12.8 Å². The van der Waals surface area contributed by atoms with Gasteiger partial charge in [-0.05, 0) is 26.7 Å². The topological polar surface area (TPSA) is 69.6 Å². The molecule has 17 heavy (non-hydrogen) atoms. The third-order valence-electron chi connectivity index (χ3n) is 3.42. The second kappa shape index (κ2) is 5.89. The highest BCUT2D eigenvalue weighted by Gasteiger charge is 2.38. The number of nitrogens with one attached hydrogen (secondary N) is 1. The summed E-state index contributed by atoms with van der Waals surface area (Å²) < 4.78 is 0. The smallest absolute Gasteiger partial charge is 0.317 e. The van der Waals surface area contributed by atoms with Crippen LogP contribution < -0.4 is 5.32 Å². The van der Waals surface area contributed by atoms with E-state index >= 15 is 0 Å². The van der Waals surface area contributed by atoms with E-state index < -0.39 is 11.9 Å². The van der Waals surface area contributed by atoms with Gasteiger partial charge in [0.15, 0.2) is 0 Å². The minimum atomic E-state index is -0.811. The zero-order chi connectivity index (χ0) is 13.0. The Morgan fingerprint density at radius 2 is 2.18 bits per heavy atom. The maximum atomic E-state index is 11.9. The number of hydrogen-bond donors (Lipinski definition) is 2. The maximum absolute atomic E-state index is 11.9. The Morgan fingerprint density at radius 1 is 1.53 bits per heavy atom. The molecule has 3 atom stereocenters. The number of carboxylic acids is 1. The predicted molar refractivity (Wildman–Crippen MR) is 64.8 cm³/mol. The van der Waals surface area contributed by atoms with E-state index in [2.05, 4.69) is 12.2 Å². The first-order valence-electron chi connectivity index (χ1n) is 6.27. The van der Waals surface area contributed by atoms with E-state index in [0.29, 0.717) is 13.0 Å². The van der Waals surface area contributed by atoms with Gasteiger partial charge in [-0.2, -0.15) is 0 Å². The molecule has 2 N–H and O–H groups in total. The van der Waals surface area contributed by atoms with Crippen LogP contribution in [0.1, 0.15) is 40.0 Å². The van der Waals surface area contributed by atoms with Crippen LogP contribution in [0, 0.1) is 5.92 Å². The molecule has 1 fully saturated rings. The summed E-state index contributed by atoms with van der Waals surface area (Å²) >= 11 is 0. The van der Waals surface area contributed by atoms with Gasteiger partial charge in [0.25, 0.3) is 0 Å². The Balaban J connectivity index is 2.51. The van der Waals surface area contributed by atoms with E-state index in [1.807, 2.05) is 6.92 Å².